The Kier molecular flexibility index (Phi) is 7.41. The summed E-state index contributed by atoms with van der Waals surface area (Å²) in [6.07, 6.45) is 0.191. The van der Waals surface area contributed by atoms with E-state index in [9.17, 15) is 24.3 Å². The summed E-state index contributed by atoms with van der Waals surface area (Å²) in [5.74, 6) is -2.30. The van der Waals surface area contributed by atoms with Crippen LogP contribution in [0.15, 0.2) is 0 Å². The highest BCUT2D eigenvalue weighted by molar-refractivity contribution is 5.86. The highest BCUT2D eigenvalue weighted by atomic mass is 16.6. The van der Waals surface area contributed by atoms with Crippen LogP contribution in [0.3, 0.4) is 0 Å². The Morgan fingerprint density at radius 2 is 1.58 bits per heavy atom. The number of hydrogen-bond donors (Lipinski definition) is 2. The van der Waals surface area contributed by atoms with Gasteiger partial charge >= 0.3 is 6.09 Å². The zero-order valence-corrected chi connectivity index (χ0v) is 16.0. The minimum Gasteiger partial charge on any atom is -0.548 e. The molecule has 0 aromatic rings. The van der Waals surface area contributed by atoms with Crippen molar-refractivity contribution in [1.29, 1.82) is 0 Å². The van der Waals surface area contributed by atoms with E-state index < -0.39 is 29.7 Å². The largest absolute Gasteiger partial charge is 0.548 e. The molecule has 0 aromatic carbocycles. The number of carbonyl (C=O) groups excluding carboxylic acids is 4. The van der Waals surface area contributed by atoms with Gasteiger partial charge < -0.3 is 30.2 Å². The number of aliphatic carboxylic acids is 1. The molecule has 1 fully saturated rings. The smallest absolute Gasteiger partial charge is 0.408 e. The van der Waals surface area contributed by atoms with Crippen LogP contribution in [-0.2, 0) is 19.1 Å². The van der Waals surface area contributed by atoms with Crippen molar-refractivity contribution in [2.24, 2.45) is 5.92 Å². The number of amides is 3. The third-order valence-electron chi connectivity index (χ3n) is 3.99. The van der Waals surface area contributed by atoms with E-state index in [1.807, 2.05) is 0 Å². The maximum atomic E-state index is 12.4. The van der Waals surface area contributed by atoms with Gasteiger partial charge in [0.05, 0.1) is 12.0 Å². The number of likely N-dealkylation sites (tertiary alicyclic amines) is 1. The van der Waals surface area contributed by atoms with E-state index in [0.717, 1.165) is 0 Å². The van der Waals surface area contributed by atoms with Gasteiger partial charge in [-0.25, -0.2) is 4.79 Å². The van der Waals surface area contributed by atoms with Gasteiger partial charge in [-0.15, -0.1) is 0 Å². The Bertz CT molecular complexity index is 549. The summed E-state index contributed by atoms with van der Waals surface area (Å²) in [5.41, 5.74) is -0.652. The molecule has 3 amide bonds. The molecule has 0 saturated carbocycles. The fourth-order valence-corrected chi connectivity index (χ4v) is 2.57. The minimum absolute atomic E-state index is 0.252. The lowest BCUT2D eigenvalue weighted by Crippen LogP contribution is -2.52. The van der Waals surface area contributed by atoms with Crippen molar-refractivity contribution < 1.29 is 29.0 Å². The molecule has 0 spiro atoms. The summed E-state index contributed by atoms with van der Waals surface area (Å²) in [5, 5.41) is 15.6. The van der Waals surface area contributed by atoms with E-state index in [4.69, 9.17) is 4.74 Å². The van der Waals surface area contributed by atoms with Gasteiger partial charge in [0.15, 0.2) is 0 Å². The Labute approximate surface area is 153 Å². The van der Waals surface area contributed by atoms with E-state index in [2.05, 4.69) is 10.6 Å². The summed E-state index contributed by atoms with van der Waals surface area (Å²) in [6, 6.07) is -1.80. The zero-order valence-electron chi connectivity index (χ0n) is 16.0. The van der Waals surface area contributed by atoms with Crippen LogP contribution in [0.4, 0.5) is 4.79 Å². The first-order valence-electron chi connectivity index (χ1n) is 8.70. The summed E-state index contributed by atoms with van der Waals surface area (Å²) in [7, 11) is 0. The molecule has 26 heavy (non-hydrogen) atoms. The van der Waals surface area contributed by atoms with Crippen LogP contribution in [0.2, 0.25) is 0 Å². The normalized spacial score (nSPS) is 17.8. The standard InChI is InChI=1S/C17H29N3O6/c1-10(19-16(25)26-17(3,4)5)14(22)20-8-6-12(7-9-20)13(21)18-11(2)15(23)24/h10-12H,6-9H2,1-5H3,(H,18,21)(H,19,25)(H,23,24)/p-1/t10-,11-/m0/s1. The number of hydrogen-bond acceptors (Lipinski definition) is 6. The lowest BCUT2D eigenvalue weighted by atomic mass is 9.95. The molecular weight excluding hydrogens is 342 g/mol. The third kappa shape index (κ3) is 6.89. The predicted molar refractivity (Wildman–Crippen MR) is 90.7 cm³/mol. The molecule has 0 unspecified atom stereocenters. The van der Waals surface area contributed by atoms with Crippen LogP contribution in [0.25, 0.3) is 0 Å². The average molecular weight is 370 g/mol. The van der Waals surface area contributed by atoms with Crippen LogP contribution in [0.1, 0.15) is 47.5 Å². The first-order chi connectivity index (χ1) is 11.9. The Morgan fingerprint density at radius 3 is 2.04 bits per heavy atom. The number of rotatable bonds is 5. The fourth-order valence-electron chi connectivity index (χ4n) is 2.57. The van der Waals surface area contributed by atoms with Crippen LogP contribution in [-0.4, -0.2) is 59.6 Å². The van der Waals surface area contributed by atoms with Gasteiger partial charge in [0, 0.05) is 19.0 Å². The number of carboxylic acid groups (broad SMARTS) is 1. The highest BCUT2D eigenvalue weighted by Gasteiger charge is 2.31. The first kappa shape index (κ1) is 21.7. The molecule has 9 heteroatoms. The van der Waals surface area contributed by atoms with Crippen LogP contribution < -0.4 is 15.7 Å². The summed E-state index contributed by atoms with van der Waals surface area (Å²) >= 11 is 0. The van der Waals surface area contributed by atoms with Crippen molar-refractivity contribution >= 4 is 23.9 Å². The minimum atomic E-state index is -1.34. The lowest BCUT2D eigenvalue weighted by molar-refractivity contribution is -0.307. The summed E-state index contributed by atoms with van der Waals surface area (Å²) < 4.78 is 5.12. The lowest BCUT2D eigenvalue weighted by Gasteiger charge is -2.33. The molecule has 0 aromatic heterocycles. The van der Waals surface area contributed by atoms with Crippen molar-refractivity contribution in [2.45, 2.75) is 65.1 Å². The molecule has 1 rings (SSSR count). The van der Waals surface area contributed by atoms with Crippen molar-refractivity contribution in [1.82, 2.24) is 15.5 Å². The number of alkyl carbamates (subject to hydrolysis) is 1. The van der Waals surface area contributed by atoms with Crippen LogP contribution >= 0.6 is 0 Å². The number of nitrogens with zero attached hydrogens (tertiary/aromatic N) is 1. The molecule has 1 heterocycles. The van der Waals surface area contributed by atoms with Crippen LogP contribution in [0.5, 0.6) is 0 Å². The average Bonchev–Trinajstić information content (AvgIpc) is 2.52. The van der Waals surface area contributed by atoms with E-state index >= 15 is 0 Å². The molecule has 1 saturated heterocycles. The van der Waals surface area contributed by atoms with Gasteiger partial charge in [0.1, 0.15) is 11.6 Å². The van der Waals surface area contributed by atoms with Gasteiger partial charge in [-0.05, 0) is 47.5 Å². The summed E-state index contributed by atoms with van der Waals surface area (Å²) in [4.78, 5) is 48.4. The molecule has 1 aliphatic heterocycles. The van der Waals surface area contributed by atoms with E-state index in [1.54, 1.807) is 32.6 Å². The molecule has 0 aliphatic carbocycles. The first-order valence-corrected chi connectivity index (χ1v) is 8.70. The van der Waals surface area contributed by atoms with Gasteiger partial charge in [0.2, 0.25) is 11.8 Å². The van der Waals surface area contributed by atoms with Crippen molar-refractivity contribution in [3.63, 3.8) is 0 Å². The Balaban J connectivity index is 2.46. The third-order valence-corrected chi connectivity index (χ3v) is 3.99. The van der Waals surface area contributed by atoms with E-state index in [0.29, 0.717) is 25.9 Å². The highest BCUT2D eigenvalue weighted by Crippen LogP contribution is 2.18. The number of nitrogens with one attached hydrogen (secondary N) is 2. The molecular formula is C17H28N3O6-. The van der Waals surface area contributed by atoms with Crippen LogP contribution in [0, 0.1) is 5.92 Å². The maximum absolute atomic E-state index is 12.4. The monoisotopic (exact) mass is 370 g/mol. The second kappa shape index (κ2) is 8.86. The quantitative estimate of drug-likeness (QED) is 0.665. The zero-order chi connectivity index (χ0) is 20.1. The SMILES string of the molecule is C[C@H](NC(=O)C1CCN(C(=O)[C@H](C)NC(=O)OC(C)(C)C)CC1)C(=O)[O-]. The van der Waals surface area contributed by atoms with Crippen molar-refractivity contribution in [2.75, 3.05) is 13.1 Å². The second-order valence-electron chi connectivity index (χ2n) is 7.52. The Morgan fingerprint density at radius 1 is 1.04 bits per heavy atom. The number of piperidine rings is 1. The molecule has 1 aliphatic rings. The van der Waals surface area contributed by atoms with E-state index in [1.165, 1.54) is 6.92 Å². The Hall–Kier alpha value is -2.32. The molecule has 9 nitrogen and oxygen atoms in total. The molecule has 2 N–H and O–H groups in total. The molecule has 148 valence electrons. The maximum Gasteiger partial charge on any atom is 0.408 e. The summed E-state index contributed by atoms with van der Waals surface area (Å²) in [6.45, 7) is 8.83. The number of ether oxygens (including phenoxy) is 1. The van der Waals surface area contributed by atoms with E-state index in [-0.39, 0.29) is 17.7 Å². The topological polar surface area (TPSA) is 128 Å². The van der Waals surface area contributed by atoms with Gasteiger partial charge in [-0.1, -0.05) is 0 Å². The van der Waals surface area contributed by atoms with Crippen molar-refractivity contribution in [3.05, 3.63) is 0 Å². The second-order valence-corrected chi connectivity index (χ2v) is 7.52. The van der Waals surface area contributed by atoms with Gasteiger partial charge in [-0.3, -0.25) is 9.59 Å². The van der Waals surface area contributed by atoms with Crippen molar-refractivity contribution in [3.8, 4) is 0 Å². The van der Waals surface area contributed by atoms with Gasteiger partial charge in [-0.2, -0.15) is 0 Å². The predicted octanol–water partition coefficient (Wildman–Crippen LogP) is -0.607. The van der Waals surface area contributed by atoms with Gasteiger partial charge in [0.25, 0.3) is 0 Å². The molecule has 0 radical (unpaired) electrons. The number of carboxylic acids is 1. The molecule has 2 atom stereocenters. The number of carbonyl (C=O) groups is 4. The fraction of sp³-hybridized carbons (Fsp3) is 0.765. The molecule has 0 bridgehead atoms.